The minimum Gasteiger partial charge on any atom is -0.479 e. The molecule has 140 valence electrons. The number of nitrogens with zero attached hydrogens (tertiary/aromatic N) is 1. The maximum absolute atomic E-state index is 11.2. The van der Waals surface area contributed by atoms with E-state index in [1.807, 2.05) is 42.5 Å². The molecule has 7 nitrogen and oxygen atoms in total. The van der Waals surface area contributed by atoms with Gasteiger partial charge in [-0.05, 0) is 23.6 Å². The van der Waals surface area contributed by atoms with Crippen LogP contribution in [0.15, 0.2) is 58.1 Å². The molecule has 0 aliphatic rings. The van der Waals surface area contributed by atoms with Gasteiger partial charge >= 0.3 is 17.1 Å². The van der Waals surface area contributed by atoms with Crippen molar-refractivity contribution < 1.29 is 15.0 Å². The zero-order valence-electron chi connectivity index (χ0n) is 14.1. The van der Waals surface area contributed by atoms with Crippen molar-refractivity contribution in [3.63, 3.8) is 0 Å². The van der Waals surface area contributed by atoms with Crippen LogP contribution in [-0.4, -0.2) is 33.0 Å². The molecule has 2 aromatic carbocycles. The number of carbonyl (C=O) groups is 1. The van der Waals surface area contributed by atoms with Gasteiger partial charge in [-0.3, -0.25) is 9.59 Å². The second-order valence-electron chi connectivity index (χ2n) is 6.25. The second-order valence-corrected chi connectivity index (χ2v) is 6.65. The minimum atomic E-state index is -1.62. The summed E-state index contributed by atoms with van der Waals surface area (Å²) in [5, 5.41) is 19.1. The molecular formula is C19H17ClN2O5. The first kappa shape index (κ1) is 18.9. The molecule has 0 saturated carbocycles. The first-order chi connectivity index (χ1) is 12.9. The van der Waals surface area contributed by atoms with Crippen LogP contribution in [0.2, 0.25) is 5.02 Å². The average Bonchev–Trinajstić information content (AvgIpc) is 3.20. The van der Waals surface area contributed by atoms with Crippen LogP contribution in [0.4, 0.5) is 0 Å². The molecule has 27 heavy (non-hydrogen) atoms. The van der Waals surface area contributed by atoms with Gasteiger partial charge in [0.05, 0.1) is 0 Å². The fourth-order valence-electron chi connectivity index (χ4n) is 2.81. The molecule has 0 aliphatic carbocycles. The van der Waals surface area contributed by atoms with E-state index in [4.69, 9.17) is 16.7 Å². The third-order valence-corrected chi connectivity index (χ3v) is 4.56. The smallest absolute Gasteiger partial charge is 0.340 e. The largest absolute Gasteiger partial charge is 0.479 e. The standard InChI is InChI=1S/C19H17ClN2O5/c20-15-9-11(6-7-14(15)12-4-2-1-3-5-12)8-13(10-16(23)19(26)27)21-22-17(24)18(22)25/h1-7,9,13,16,21,23H,8,10H2,(H,26,27)/t13-,16-/m1/s1. The number of aliphatic hydroxyl groups excluding tert-OH is 1. The van der Waals surface area contributed by atoms with E-state index in [0.717, 1.165) is 21.4 Å². The number of hydrogen-bond acceptors (Lipinski definition) is 5. The molecule has 0 aliphatic heterocycles. The lowest BCUT2D eigenvalue weighted by molar-refractivity contribution is -0.147. The predicted molar refractivity (Wildman–Crippen MR) is 101 cm³/mol. The number of carboxylic acids is 1. The van der Waals surface area contributed by atoms with Gasteiger partial charge in [0.2, 0.25) is 0 Å². The number of nitrogens with one attached hydrogen (secondary N) is 1. The van der Waals surface area contributed by atoms with E-state index in [1.54, 1.807) is 6.07 Å². The Morgan fingerprint density at radius 3 is 2.33 bits per heavy atom. The molecule has 0 fully saturated rings. The maximum atomic E-state index is 11.2. The molecule has 2 atom stereocenters. The number of aliphatic hydroxyl groups is 1. The summed E-state index contributed by atoms with van der Waals surface area (Å²) in [7, 11) is 0. The quantitative estimate of drug-likeness (QED) is 0.503. The summed E-state index contributed by atoms with van der Waals surface area (Å²) in [4.78, 5) is 33.3. The molecule has 3 aromatic rings. The fourth-order valence-corrected chi connectivity index (χ4v) is 3.12. The Hall–Kier alpha value is -2.90. The van der Waals surface area contributed by atoms with Crippen molar-refractivity contribution in [1.82, 2.24) is 4.68 Å². The van der Waals surface area contributed by atoms with Gasteiger partial charge in [-0.2, -0.15) is 4.68 Å². The van der Waals surface area contributed by atoms with E-state index in [2.05, 4.69) is 5.43 Å². The number of halogens is 1. The minimum absolute atomic E-state index is 0.176. The Morgan fingerprint density at radius 1 is 1.11 bits per heavy atom. The lowest BCUT2D eigenvalue weighted by Gasteiger charge is -2.19. The highest BCUT2D eigenvalue weighted by molar-refractivity contribution is 6.33. The zero-order chi connectivity index (χ0) is 19.6. The third-order valence-electron chi connectivity index (χ3n) is 4.24. The van der Waals surface area contributed by atoms with Gasteiger partial charge in [0.25, 0.3) is 0 Å². The van der Waals surface area contributed by atoms with E-state index in [-0.39, 0.29) is 12.8 Å². The summed E-state index contributed by atoms with van der Waals surface area (Å²) in [6, 6.07) is 14.4. The van der Waals surface area contributed by atoms with Crippen LogP contribution < -0.4 is 16.5 Å². The molecule has 8 heteroatoms. The van der Waals surface area contributed by atoms with Crippen LogP contribution in [0.5, 0.6) is 0 Å². The summed E-state index contributed by atoms with van der Waals surface area (Å²) < 4.78 is 0.805. The normalized spacial score (nSPS) is 13.4. The highest BCUT2D eigenvalue weighted by Gasteiger charge is 2.25. The van der Waals surface area contributed by atoms with Crippen LogP contribution in [0.1, 0.15) is 12.0 Å². The fraction of sp³-hybridized carbons (Fsp3) is 0.211. The maximum Gasteiger partial charge on any atom is 0.340 e. The second kappa shape index (κ2) is 7.77. The summed E-state index contributed by atoms with van der Waals surface area (Å²) in [6.07, 6.45) is -1.52. The highest BCUT2D eigenvalue weighted by atomic mass is 35.5. The van der Waals surface area contributed by atoms with Crippen LogP contribution >= 0.6 is 11.6 Å². The van der Waals surface area contributed by atoms with Crippen LogP contribution in [-0.2, 0) is 11.2 Å². The van der Waals surface area contributed by atoms with Crippen molar-refractivity contribution in [2.75, 3.05) is 5.43 Å². The summed E-state index contributed by atoms with van der Waals surface area (Å²) in [5.74, 6) is -1.37. The molecule has 0 amide bonds. The van der Waals surface area contributed by atoms with Crippen molar-refractivity contribution >= 4 is 17.6 Å². The molecule has 0 radical (unpaired) electrons. The number of aromatic nitrogens is 1. The van der Waals surface area contributed by atoms with Gasteiger partial charge in [0.1, 0.15) is 0 Å². The van der Waals surface area contributed by atoms with Crippen molar-refractivity contribution in [1.29, 1.82) is 0 Å². The molecule has 1 heterocycles. The average molecular weight is 389 g/mol. The van der Waals surface area contributed by atoms with Gasteiger partial charge in [0.15, 0.2) is 6.10 Å². The number of aliphatic carboxylic acids is 1. The highest BCUT2D eigenvalue weighted by Crippen LogP contribution is 2.29. The topological polar surface area (TPSA) is 109 Å². The number of hydrogen-bond donors (Lipinski definition) is 3. The van der Waals surface area contributed by atoms with Crippen molar-refractivity contribution in [3.8, 4) is 11.1 Å². The van der Waals surface area contributed by atoms with E-state index < -0.39 is 29.2 Å². The van der Waals surface area contributed by atoms with Gasteiger partial charge in [-0.15, -0.1) is 0 Å². The molecule has 0 bridgehead atoms. The monoisotopic (exact) mass is 388 g/mol. The van der Waals surface area contributed by atoms with E-state index >= 15 is 0 Å². The Labute approximate surface area is 159 Å². The van der Waals surface area contributed by atoms with Gasteiger partial charge in [-0.1, -0.05) is 54.1 Å². The summed E-state index contributed by atoms with van der Waals surface area (Å²) >= 11 is 6.39. The van der Waals surface area contributed by atoms with E-state index in [9.17, 15) is 19.5 Å². The number of carboxylic acid groups (broad SMARTS) is 1. The lowest BCUT2D eigenvalue weighted by Crippen LogP contribution is -2.35. The van der Waals surface area contributed by atoms with E-state index in [1.165, 1.54) is 0 Å². The summed E-state index contributed by atoms with van der Waals surface area (Å²) in [5.41, 5.74) is 3.87. The predicted octanol–water partition coefficient (Wildman–Crippen LogP) is 1.39. The number of benzene rings is 2. The zero-order valence-corrected chi connectivity index (χ0v) is 14.9. The molecule has 3 N–H and O–H groups in total. The molecule has 1 aromatic heterocycles. The van der Waals surface area contributed by atoms with Crippen LogP contribution in [0.25, 0.3) is 11.1 Å². The molecular weight excluding hydrogens is 372 g/mol. The molecule has 0 unspecified atom stereocenters. The van der Waals surface area contributed by atoms with Crippen LogP contribution in [0.3, 0.4) is 0 Å². The van der Waals surface area contributed by atoms with Crippen molar-refractivity contribution in [2.45, 2.75) is 25.0 Å². The Morgan fingerprint density at radius 2 is 1.78 bits per heavy atom. The lowest BCUT2D eigenvalue weighted by atomic mass is 9.98. The summed E-state index contributed by atoms with van der Waals surface area (Å²) in [6.45, 7) is 0. The van der Waals surface area contributed by atoms with Crippen molar-refractivity contribution in [2.24, 2.45) is 0 Å². The SMILES string of the molecule is O=C(O)[C@H](O)C[C@@H](Cc1ccc(-c2ccccc2)c(Cl)c1)Nn1c(=O)c1=O. The third kappa shape index (κ3) is 4.45. The first-order valence-corrected chi connectivity index (χ1v) is 8.64. The number of rotatable bonds is 8. The Bertz CT molecular complexity index is 998. The van der Waals surface area contributed by atoms with Gasteiger partial charge < -0.3 is 15.6 Å². The first-order valence-electron chi connectivity index (χ1n) is 8.26. The Balaban J connectivity index is 1.79. The van der Waals surface area contributed by atoms with Gasteiger partial charge in [0, 0.05) is 23.0 Å². The van der Waals surface area contributed by atoms with E-state index in [0.29, 0.717) is 5.02 Å². The van der Waals surface area contributed by atoms with Gasteiger partial charge in [-0.25, -0.2) is 4.79 Å². The molecule has 0 saturated heterocycles. The van der Waals surface area contributed by atoms with Crippen LogP contribution in [0, 0.1) is 0 Å². The van der Waals surface area contributed by atoms with Crippen molar-refractivity contribution in [3.05, 3.63) is 79.8 Å². The Kier molecular flexibility index (Phi) is 5.43. The molecule has 3 rings (SSSR count). The molecule has 0 spiro atoms.